The van der Waals surface area contributed by atoms with E-state index >= 15 is 0 Å². The summed E-state index contributed by atoms with van der Waals surface area (Å²) in [6, 6.07) is 4.51. The predicted molar refractivity (Wildman–Crippen MR) is 142 cm³/mol. The maximum Gasteiger partial charge on any atom is 0.297 e. The summed E-state index contributed by atoms with van der Waals surface area (Å²) in [5.41, 5.74) is 2.52. The summed E-state index contributed by atoms with van der Waals surface area (Å²) in [5.74, 6) is 1.12. The second-order valence-electron chi connectivity index (χ2n) is 8.82. The SMILES string of the molecule is CC=C(CC)Oc1c(OC/C=C(\C)CCC=C(C)C)c(=O)n(CCCC)c2cc([N+](=O)[O-])ccc12. The molecule has 0 saturated heterocycles. The number of nitro groups is 1. The van der Waals surface area contributed by atoms with Gasteiger partial charge in [-0.2, -0.15) is 0 Å². The molecule has 1 heterocycles. The minimum absolute atomic E-state index is 0.0709. The fourth-order valence-electron chi connectivity index (χ4n) is 3.69. The highest BCUT2D eigenvalue weighted by molar-refractivity contribution is 5.89. The second kappa shape index (κ2) is 13.5. The Morgan fingerprint density at radius 3 is 2.49 bits per heavy atom. The average Bonchev–Trinajstić information content (AvgIpc) is 2.82. The number of pyridine rings is 1. The van der Waals surface area contributed by atoms with Gasteiger partial charge >= 0.3 is 0 Å². The Labute approximate surface area is 207 Å². The van der Waals surface area contributed by atoms with Crippen molar-refractivity contribution in [1.29, 1.82) is 0 Å². The molecule has 0 bridgehead atoms. The number of unbranched alkanes of at least 4 members (excludes halogenated alkanes) is 1. The molecular formula is C28H38N2O5. The Balaban J connectivity index is 2.61. The molecule has 0 unspecified atom stereocenters. The van der Waals surface area contributed by atoms with Crippen molar-refractivity contribution < 1.29 is 14.4 Å². The van der Waals surface area contributed by atoms with Crippen molar-refractivity contribution in [2.24, 2.45) is 0 Å². The van der Waals surface area contributed by atoms with E-state index in [0.29, 0.717) is 35.4 Å². The van der Waals surface area contributed by atoms with Gasteiger partial charge in [0.25, 0.3) is 11.2 Å². The lowest BCUT2D eigenvalue weighted by atomic mass is 10.1. The van der Waals surface area contributed by atoms with Crippen LogP contribution in [0.15, 0.2) is 58.1 Å². The molecule has 0 N–H and O–H groups in total. The number of hydrogen-bond acceptors (Lipinski definition) is 5. The summed E-state index contributed by atoms with van der Waals surface area (Å²) in [6.07, 6.45) is 10.2. The van der Waals surface area contributed by atoms with Gasteiger partial charge in [-0.05, 0) is 65.2 Å². The zero-order valence-electron chi connectivity index (χ0n) is 21.8. The van der Waals surface area contributed by atoms with E-state index in [0.717, 1.165) is 25.7 Å². The predicted octanol–water partition coefficient (Wildman–Crippen LogP) is 7.47. The smallest absolute Gasteiger partial charge is 0.297 e. The van der Waals surface area contributed by atoms with Crippen LogP contribution in [0.2, 0.25) is 0 Å². The molecular weight excluding hydrogens is 444 g/mol. The van der Waals surface area contributed by atoms with Crippen molar-refractivity contribution in [1.82, 2.24) is 4.57 Å². The molecule has 190 valence electrons. The maximum absolute atomic E-state index is 13.6. The maximum atomic E-state index is 13.6. The number of rotatable bonds is 13. The van der Waals surface area contributed by atoms with Gasteiger partial charge in [0.2, 0.25) is 5.75 Å². The molecule has 1 aromatic heterocycles. The zero-order chi connectivity index (χ0) is 26.0. The van der Waals surface area contributed by atoms with Gasteiger partial charge in [-0.15, -0.1) is 0 Å². The van der Waals surface area contributed by atoms with Crippen LogP contribution in [0.1, 0.15) is 73.6 Å². The van der Waals surface area contributed by atoms with Crippen LogP contribution in [-0.2, 0) is 6.54 Å². The molecule has 0 atom stereocenters. The van der Waals surface area contributed by atoms with E-state index in [1.165, 1.54) is 23.3 Å². The molecule has 2 aromatic rings. The minimum atomic E-state index is -0.453. The van der Waals surface area contributed by atoms with Gasteiger partial charge in [-0.1, -0.05) is 37.5 Å². The van der Waals surface area contributed by atoms with E-state index in [1.807, 2.05) is 39.8 Å². The van der Waals surface area contributed by atoms with Crippen LogP contribution in [0.25, 0.3) is 10.9 Å². The lowest BCUT2D eigenvalue weighted by molar-refractivity contribution is -0.384. The first-order valence-corrected chi connectivity index (χ1v) is 12.3. The van der Waals surface area contributed by atoms with E-state index in [2.05, 4.69) is 19.9 Å². The Kier molecular flexibility index (Phi) is 10.8. The third-order valence-electron chi connectivity index (χ3n) is 5.76. The molecule has 0 radical (unpaired) electrons. The normalized spacial score (nSPS) is 12.1. The van der Waals surface area contributed by atoms with Crippen LogP contribution in [0.4, 0.5) is 5.69 Å². The zero-order valence-corrected chi connectivity index (χ0v) is 21.8. The van der Waals surface area contributed by atoms with Gasteiger partial charge in [0, 0.05) is 30.5 Å². The van der Waals surface area contributed by atoms with Gasteiger partial charge in [-0.25, -0.2) is 0 Å². The molecule has 0 saturated carbocycles. The van der Waals surface area contributed by atoms with Crippen LogP contribution in [0.5, 0.6) is 11.5 Å². The van der Waals surface area contributed by atoms with E-state index in [1.54, 1.807) is 10.6 Å². The summed E-state index contributed by atoms with van der Waals surface area (Å²) in [6.45, 7) is 12.7. The fourth-order valence-corrected chi connectivity index (χ4v) is 3.69. The standard InChI is InChI=1S/C28H38N2O5/c1-7-10-17-29-25-19-22(30(32)33)14-15-24(25)26(35-23(8-2)9-3)27(28(29)31)34-18-16-21(6)13-11-12-20(4)5/h8,12,14-16,19H,7,9-11,13,17-18H2,1-6H3/b21-16+,23-8?. The van der Waals surface area contributed by atoms with Crippen molar-refractivity contribution in [2.75, 3.05) is 6.61 Å². The van der Waals surface area contributed by atoms with E-state index in [4.69, 9.17) is 9.47 Å². The van der Waals surface area contributed by atoms with E-state index in [-0.39, 0.29) is 23.6 Å². The van der Waals surface area contributed by atoms with Gasteiger partial charge < -0.3 is 14.0 Å². The molecule has 0 amide bonds. The van der Waals surface area contributed by atoms with Crippen molar-refractivity contribution in [3.8, 4) is 11.5 Å². The molecule has 7 nitrogen and oxygen atoms in total. The molecule has 0 aliphatic carbocycles. The lowest BCUT2D eigenvalue weighted by Gasteiger charge is -2.19. The molecule has 35 heavy (non-hydrogen) atoms. The third-order valence-corrected chi connectivity index (χ3v) is 5.76. The average molecular weight is 483 g/mol. The first kappa shape index (κ1) is 27.9. The van der Waals surface area contributed by atoms with Crippen LogP contribution >= 0.6 is 0 Å². The number of nitro benzene ring substituents is 1. The molecule has 1 aromatic carbocycles. The number of aromatic nitrogens is 1. The van der Waals surface area contributed by atoms with Crippen LogP contribution < -0.4 is 15.0 Å². The van der Waals surface area contributed by atoms with Crippen LogP contribution in [0.3, 0.4) is 0 Å². The fraction of sp³-hybridized carbons (Fsp3) is 0.464. The molecule has 0 spiro atoms. The topological polar surface area (TPSA) is 83.6 Å². The summed E-state index contributed by atoms with van der Waals surface area (Å²) in [4.78, 5) is 24.6. The van der Waals surface area contributed by atoms with Crippen molar-refractivity contribution in [2.45, 2.75) is 80.2 Å². The summed E-state index contributed by atoms with van der Waals surface area (Å²) in [7, 11) is 0. The highest BCUT2D eigenvalue weighted by Gasteiger charge is 2.22. The molecule has 2 rings (SSSR count). The van der Waals surface area contributed by atoms with Crippen molar-refractivity contribution in [3.63, 3.8) is 0 Å². The Hall–Kier alpha value is -3.35. The Morgan fingerprint density at radius 1 is 1.14 bits per heavy atom. The molecule has 7 heteroatoms. The Morgan fingerprint density at radius 2 is 1.89 bits per heavy atom. The van der Waals surface area contributed by atoms with Gasteiger partial charge in [-0.3, -0.25) is 14.9 Å². The first-order chi connectivity index (χ1) is 16.7. The number of hydrogen-bond donors (Lipinski definition) is 0. The third kappa shape index (κ3) is 7.57. The molecule has 0 aliphatic rings. The molecule has 0 fully saturated rings. The molecule has 0 aliphatic heterocycles. The van der Waals surface area contributed by atoms with Crippen molar-refractivity contribution >= 4 is 16.6 Å². The lowest BCUT2D eigenvalue weighted by Crippen LogP contribution is -2.24. The van der Waals surface area contributed by atoms with Crippen LogP contribution in [0, 0.1) is 10.1 Å². The first-order valence-electron chi connectivity index (χ1n) is 12.3. The highest BCUT2D eigenvalue weighted by Crippen LogP contribution is 2.36. The number of aryl methyl sites for hydroxylation is 1. The number of ether oxygens (including phenoxy) is 2. The highest BCUT2D eigenvalue weighted by atomic mass is 16.6. The summed E-state index contributed by atoms with van der Waals surface area (Å²) >= 11 is 0. The second-order valence-corrected chi connectivity index (χ2v) is 8.82. The summed E-state index contributed by atoms with van der Waals surface area (Å²) < 4.78 is 13.8. The van der Waals surface area contributed by atoms with Crippen molar-refractivity contribution in [3.05, 3.63) is 73.8 Å². The number of nitrogens with zero attached hydrogens (tertiary/aromatic N) is 2. The van der Waals surface area contributed by atoms with E-state index < -0.39 is 4.92 Å². The largest absolute Gasteiger partial charge is 0.481 e. The van der Waals surface area contributed by atoms with E-state index in [9.17, 15) is 14.9 Å². The number of allylic oxidation sites excluding steroid dienone is 5. The Bertz CT molecular complexity index is 1180. The monoisotopic (exact) mass is 482 g/mol. The quantitative estimate of drug-likeness (QED) is 0.128. The number of non-ortho nitro benzene ring substituents is 1. The number of fused-ring (bicyclic) bond motifs is 1. The van der Waals surface area contributed by atoms with Gasteiger partial charge in [0.1, 0.15) is 6.61 Å². The van der Waals surface area contributed by atoms with Crippen LogP contribution in [-0.4, -0.2) is 16.1 Å². The minimum Gasteiger partial charge on any atom is -0.481 e. The van der Waals surface area contributed by atoms with Gasteiger partial charge in [0.05, 0.1) is 16.2 Å². The van der Waals surface area contributed by atoms with Gasteiger partial charge in [0.15, 0.2) is 5.75 Å². The summed E-state index contributed by atoms with van der Waals surface area (Å²) in [5, 5.41) is 12.0. The number of benzene rings is 1.